The summed E-state index contributed by atoms with van der Waals surface area (Å²) < 4.78 is 0. The van der Waals surface area contributed by atoms with Gasteiger partial charge >= 0.3 is 0 Å². The monoisotopic (exact) mass is 387 g/mol. The van der Waals surface area contributed by atoms with Crippen molar-refractivity contribution >= 4 is 28.6 Å². The number of nitrogens with one attached hydrogen (secondary N) is 1. The Morgan fingerprint density at radius 1 is 1.00 bits per heavy atom. The Bertz CT molecular complexity index is 1160. The van der Waals surface area contributed by atoms with E-state index in [9.17, 15) is 14.4 Å². The highest BCUT2D eigenvalue weighted by molar-refractivity contribution is 6.21. The molecule has 146 valence electrons. The zero-order valence-electron chi connectivity index (χ0n) is 16.1. The molecule has 0 spiro atoms. The summed E-state index contributed by atoms with van der Waals surface area (Å²) in [6, 6.07) is 13.1. The molecular weight excluding hydrogens is 366 g/mol. The van der Waals surface area contributed by atoms with Crippen LogP contribution in [0.15, 0.2) is 48.7 Å². The predicted octanol–water partition coefficient (Wildman–Crippen LogP) is 3.41. The SMILES string of the molecule is CN1C(=O)c2ccc(C(=O)N3CCC(c4c[nH]c5ccccc45)CC3)cc2C1=O. The first kappa shape index (κ1) is 17.7. The molecule has 3 amide bonds. The Balaban J connectivity index is 1.32. The second kappa shape index (κ2) is 6.58. The van der Waals surface area contributed by atoms with Gasteiger partial charge in [-0.2, -0.15) is 0 Å². The summed E-state index contributed by atoms with van der Waals surface area (Å²) in [6.07, 6.45) is 3.89. The molecule has 2 aliphatic heterocycles. The van der Waals surface area contributed by atoms with Crippen molar-refractivity contribution < 1.29 is 14.4 Å². The third-order valence-electron chi connectivity index (χ3n) is 6.18. The highest BCUT2D eigenvalue weighted by atomic mass is 16.2. The minimum absolute atomic E-state index is 0.0834. The number of hydrogen-bond acceptors (Lipinski definition) is 3. The van der Waals surface area contributed by atoms with Crippen LogP contribution < -0.4 is 0 Å². The average Bonchev–Trinajstić information content (AvgIpc) is 3.29. The van der Waals surface area contributed by atoms with E-state index in [0.717, 1.165) is 23.3 Å². The number of benzene rings is 2. The van der Waals surface area contributed by atoms with Gasteiger partial charge in [-0.05, 0) is 48.6 Å². The molecule has 1 aromatic heterocycles. The van der Waals surface area contributed by atoms with Crippen molar-refractivity contribution in [2.45, 2.75) is 18.8 Å². The number of piperidine rings is 1. The van der Waals surface area contributed by atoms with Crippen molar-refractivity contribution in [3.63, 3.8) is 0 Å². The molecule has 1 fully saturated rings. The van der Waals surface area contributed by atoms with Crippen molar-refractivity contribution in [1.29, 1.82) is 0 Å². The lowest BCUT2D eigenvalue weighted by Crippen LogP contribution is -2.38. The summed E-state index contributed by atoms with van der Waals surface area (Å²) in [7, 11) is 1.46. The van der Waals surface area contributed by atoms with Gasteiger partial charge in [0, 0.05) is 42.8 Å². The van der Waals surface area contributed by atoms with Crippen LogP contribution in [0, 0.1) is 0 Å². The van der Waals surface area contributed by atoms with Gasteiger partial charge in [-0.3, -0.25) is 19.3 Å². The first-order valence-corrected chi connectivity index (χ1v) is 9.86. The number of imide groups is 1. The van der Waals surface area contributed by atoms with Gasteiger partial charge < -0.3 is 9.88 Å². The minimum Gasteiger partial charge on any atom is -0.361 e. The van der Waals surface area contributed by atoms with E-state index < -0.39 is 0 Å². The van der Waals surface area contributed by atoms with Crippen molar-refractivity contribution in [2.75, 3.05) is 20.1 Å². The summed E-state index contributed by atoms with van der Waals surface area (Å²) in [5.74, 6) is -0.329. The number of fused-ring (bicyclic) bond motifs is 2. The molecule has 6 nitrogen and oxygen atoms in total. The van der Waals surface area contributed by atoms with E-state index in [4.69, 9.17) is 0 Å². The fourth-order valence-electron chi connectivity index (χ4n) is 4.50. The number of hydrogen-bond donors (Lipinski definition) is 1. The molecule has 3 heterocycles. The predicted molar refractivity (Wildman–Crippen MR) is 109 cm³/mol. The standard InChI is InChI=1S/C23H21N3O3/c1-25-22(28)17-7-6-15(12-18(17)23(25)29)21(27)26-10-8-14(9-11-26)19-13-24-20-5-3-2-4-16(19)20/h2-7,12-14,24H,8-11H2,1H3. The number of amides is 3. The first-order chi connectivity index (χ1) is 14.0. The van der Waals surface area contributed by atoms with E-state index in [1.165, 1.54) is 18.0 Å². The van der Waals surface area contributed by atoms with Crippen molar-refractivity contribution in [2.24, 2.45) is 0 Å². The highest BCUT2D eigenvalue weighted by Crippen LogP contribution is 2.33. The van der Waals surface area contributed by atoms with E-state index >= 15 is 0 Å². The fourth-order valence-corrected chi connectivity index (χ4v) is 4.50. The zero-order valence-corrected chi connectivity index (χ0v) is 16.1. The maximum absolute atomic E-state index is 13.0. The van der Waals surface area contributed by atoms with E-state index in [1.807, 2.05) is 11.0 Å². The van der Waals surface area contributed by atoms with Gasteiger partial charge in [0.25, 0.3) is 17.7 Å². The van der Waals surface area contributed by atoms with Crippen LogP contribution in [0.5, 0.6) is 0 Å². The summed E-state index contributed by atoms with van der Waals surface area (Å²) >= 11 is 0. The molecule has 2 aliphatic rings. The molecule has 6 heteroatoms. The molecule has 3 aromatic rings. The van der Waals surface area contributed by atoms with Crippen molar-refractivity contribution in [3.05, 3.63) is 70.9 Å². The lowest BCUT2D eigenvalue weighted by molar-refractivity contribution is 0.0690. The number of carbonyl (C=O) groups excluding carboxylic acids is 3. The largest absolute Gasteiger partial charge is 0.361 e. The van der Waals surface area contributed by atoms with Crippen molar-refractivity contribution in [3.8, 4) is 0 Å². The normalized spacial score (nSPS) is 17.3. The van der Waals surface area contributed by atoms with Crippen LogP contribution in [0.3, 0.4) is 0 Å². The van der Waals surface area contributed by atoms with Crippen LogP contribution in [0.25, 0.3) is 10.9 Å². The molecule has 0 radical (unpaired) electrons. The lowest BCUT2D eigenvalue weighted by atomic mass is 9.89. The van der Waals surface area contributed by atoms with Gasteiger partial charge in [0.1, 0.15) is 0 Å². The molecule has 0 aliphatic carbocycles. The second-order valence-corrected chi connectivity index (χ2v) is 7.79. The highest BCUT2D eigenvalue weighted by Gasteiger charge is 2.34. The molecule has 29 heavy (non-hydrogen) atoms. The Hall–Kier alpha value is -3.41. The second-order valence-electron chi connectivity index (χ2n) is 7.79. The van der Waals surface area contributed by atoms with Crippen LogP contribution in [0.1, 0.15) is 55.4 Å². The summed E-state index contributed by atoms with van der Waals surface area (Å²) in [5.41, 5.74) is 3.61. The molecular formula is C23H21N3O3. The van der Waals surface area contributed by atoms with E-state index in [0.29, 0.717) is 35.7 Å². The maximum atomic E-state index is 13.0. The van der Waals surface area contributed by atoms with E-state index in [-0.39, 0.29) is 17.7 Å². The van der Waals surface area contributed by atoms with E-state index in [2.05, 4.69) is 29.4 Å². The Morgan fingerprint density at radius 3 is 2.52 bits per heavy atom. The first-order valence-electron chi connectivity index (χ1n) is 9.86. The number of nitrogens with zero attached hydrogens (tertiary/aromatic N) is 2. The summed E-state index contributed by atoms with van der Waals surface area (Å²) in [6.45, 7) is 1.35. The topological polar surface area (TPSA) is 73.5 Å². The van der Waals surface area contributed by atoms with E-state index in [1.54, 1.807) is 18.2 Å². The quantitative estimate of drug-likeness (QED) is 0.685. The summed E-state index contributed by atoms with van der Waals surface area (Å²) in [4.78, 5) is 43.5. The third-order valence-corrected chi connectivity index (χ3v) is 6.18. The molecule has 2 aromatic carbocycles. The smallest absolute Gasteiger partial charge is 0.261 e. The zero-order chi connectivity index (χ0) is 20.1. The molecule has 0 saturated carbocycles. The number of likely N-dealkylation sites (tertiary alicyclic amines) is 1. The number of aromatic amines is 1. The van der Waals surface area contributed by atoms with Gasteiger partial charge in [0.05, 0.1) is 11.1 Å². The molecule has 0 bridgehead atoms. The third kappa shape index (κ3) is 2.75. The number of para-hydroxylation sites is 1. The minimum atomic E-state index is -0.349. The molecule has 0 unspecified atom stereocenters. The molecule has 1 N–H and O–H groups in total. The van der Waals surface area contributed by atoms with Crippen LogP contribution in [0.4, 0.5) is 0 Å². The Labute approximate surface area is 168 Å². The number of H-pyrrole nitrogens is 1. The van der Waals surface area contributed by atoms with Gasteiger partial charge in [-0.1, -0.05) is 18.2 Å². The van der Waals surface area contributed by atoms with Gasteiger partial charge in [0.15, 0.2) is 0 Å². The molecule has 5 rings (SSSR count). The van der Waals surface area contributed by atoms with Gasteiger partial charge in [0.2, 0.25) is 0 Å². The number of carbonyl (C=O) groups is 3. The average molecular weight is 387 g/mol. The van der Waals surface area contributed by atoms with Crippen LogP contribution >= 0.6 is 0 Å². The van der Waals surface area contributed by atoms with Crippen LogP contribution in [-0.2, 0) is 0 Å². The lowest BCUT2D eigenvalue weighted by Gasteiger charge is -2.32. The van der Waals surface area contributed by atoms with Crippen LogP contribution in [0.2, 0.25) is 0 Å². The Kier molecular flexibility index (Phi) is 4.01. The molecule has 1 saturated heterocycles. The number of aromatic nitrogens is 1. The Morgan fingerprint density at radius 2 is 1.72 bits per heavy atom. The van der Waals surface area contributed by atoms with Crippen LogP contribution in [-0.4, -0.2) is 52.6 Å². The maximum Gasteiger partial charge on any atom is 0.261 e. The molecule has 0 atom stereocenters. The summed E-state index contributed by atoms with van der Waals surface area (Å²) in [5, 5.41) is 1.25. The van der Waals surface area contributed by atoms with Crippen molar-refractivity contribution in [1.82, 2.24) is 14.8 Å². The van der Waals surface area contributed by atoms with Gasteiger partial charge in [-0.15, -0.1) is 0 Å². The number of rotatable bonds is 2. The fraction of sp³-hybridized carbons (Fsp3) is 0.261. The van der Waals surface area contributed by atoms with Gasteiger partial charge in [-0.25, -0.2) is 0 Å².